The number of nitriles is 1. The van der Waals surface area contributed by atoms with E-state index in [1.54, 1.807) is 37.3 Å². The lowest BCUT2D eigenvalue weighted by molar-refractivity contribution is -0.141. The molecule has 0 amide bonds. The molecule has 0 aliphatic carbocycles. The van der Waals surface area contributed by atoms with E-state index < -0.39 is 12.1 Å². The molecule has 2 rings (SSSR count). The third-order valence-electron chi connectivity index (χ3n) is 3.06. The Morgan fingerprint density at radius 2 is 1.91 bits per heavy atom. The van der Waals surface area contributed by atoms with E-state index in [9.17, 15) is 4.79 Å². The predicted octanol–water partition coefficient (Wildman–Crippen LogP) is 3.43. The van der Waals surface area contributed by atoms with Gasteiger partial charge in [-0.05, 0) is 49.2 Å². The minimum absolute atomic E-state index is 0.334. The number of ether oxygens (including phenoxy) is 2. The lowest BCUT2D eigenvalue weighted by Crippen LogP contribution is -2.28. The molecule has 0 heterocycles. The summed E-state index contributed by atoms with van der Waals surface area (Å²) in [6.07, 6.45) is -0.373. The Balaban J connectivity index is 1.95. The molecule has 0 spiro atoms. The SMILES string of the molecule is Cc1cccc(O[C@H](C)C(=O)Oc2ccc(CC#N)cc2)c1. The molecule has 0 saturated heterocycles. The van der Waals surface area contributed by atoms with Crippen molar-refractivity contribution in [3.63, 3.8) is 0 Å². The summed E-state index contributed by atoms with van der Waals surface area (Å²) in [5, 5.41) is 8.61. The fourth-order valence-corrected chi connectivity index (χ4v) is 1.91. The van der Waals surface area contributed by atoms with Gasteiger partial charge in [-0.25, -0.2) is 4.79 Å². The molecule has 0 fully saturated rings. The minimum Gasteiger partial charge on any atom is -0.479 e. The second-order valence-corrected chi connectivity index (χ2v) is 4.98. The summed E-state index contributed by atoms with van der Waals surface area (Å²) in [4.78, 5) is 12.0. The summed E-state index contributed by atoms with van der Waals surface area (Å²) in [5.41, 5.74) is 1.94. The predicted molar refractivity (Wildman–Crippen MR) is 82.7 cm³/mol. The van der Waals surface area contributed by atoms with Crippen LogP contribution in [0.2, 0.25) is 0 Å². The van der Waals surface area contributed by atoms with Gasteiger partial charge in [0.05, 0.1) is 12.5 Å². The van der Waals surface area contributed by atoms with Crippen molar-refractivity contribution in [2.45, 2.75) is 26.4 Å². The molecule has 0 bridgehead atoms. The topological polar surface area (TPSA) is 59.3 Å². The van der Waals surface area contributed by atoms with Gasteiger partial charge in [0, 0.05) is 0 Å². The fourth-order valence-electron chi connectivity index (χ4n) is 1.91. The van der Waals surface area contributed by atoms with Crippen LogP contribution in [0.3, 0.4) is 0 Å². The minimum atomic E-state index is -0.708. The number of hydrogen-bond donors (Lipinski definition) is 0. The summed E-state index contributed by atoms with van der Waals surface area (Å²) in [6, 6.07) is 16.4. The first-order chi connectivity index (χ1) is 10.6. The zero-order valence-corrected chi connectivity index (χ0v) is 12.6. The summed E-state index contributed by atoms with van der Waals surface area (Å²) in [6.45, 7) is 3.60. The number of benzene rings is 2. The monoisotopic (exact) mass is 295 g/mol. The van der Waals surface area contributed by atoms with Crippen molar-refractivity contribution in [3.8, 4) is 17.6 Å². The number of esters is 1. The molecule has 0 unspecified atom stereocenters. The van der Waals surface area contributed by atoms with Crippen molar-refractivity contribution < 1.29 is 14.3 Å². The lowest BCUT2D eigenvalue weighted by atomic mass is 10.2. The van der Waals surface area contributed by atoms with Gasteiger partial charge in [0.1, 0.15) is 11.5 Å². The average Bonchev–Trinajstić information content (AvgIpc) is 2.49. The molecule has 0 aliphatic heterocycles. The van der Waals surface area contributed by atoms with Gasteiger partial charge in [-0.3, -0.25) is 0 Å². The molecule has 0 saturated carbocycles. The van der Waals surface area contributed by atoms with E-state index in [4.69, 9.17) is 14.7 Å². The van der Waals surface area contributed by atoms with Crippen molar-refractivity contribution in [2.75, 3.05) is 0 Å². The largest absolute Gasteiger partial charge is 0.479 e. The maximum atomic E-state index is 12.0. The summed E-state index contributed by atoms with van der Waals surface area (Å²) in [7, 11) is 0. The second-order valence-electron chi connectivity index (χ2n) is 4.98. The van der Waals surface area contributed by atoms with Crippen molar-refractivity contribution in [1.29, 1.82) is 5.26 Å². The Morgan fingerprint density at radius 3 is 2.55 bits per heavy atom. The highest BCUT2D eigenvalue weighted by Crippen LogP contribution is 2.17. The Hall–Kier alpha value is -2.80. The van der Waals surface area contributed by atoms with Gasteiger partial charge in [0.15, 0.2) is 6.10 Å². The molecule has 2 aromatic carbocycles. The summed E-state index contributed by atoms with van der Waals surface area (Å²) in [5.74, 6) is 0.606. The molecular weight excluding hydrogens is 278 g/mol. The van der Waals surface area contributed by atoms with E-state index in [0.717, 1.165) is 11.1 Å². The van der Waals surface area contributed by atoms with Crippen LogP contribution < -0.4 is 9.47 Å². The lowest BCUT2D eigenvalue weighted by Gasteiger charge is -2.14. The first-order valence-corrected chi connectivity index (χ1v) is 6.99. The normalized spacial score (nSPS) is 11.3. The number of rotatable bonds is 5. The van der Waals surface area contributed by atoms with Crippen LogP contribution in [0.5, 0.6) is 11.5 Å². The molecule has 4 heteroatoms. The molecule has 0 aromatic heterocycles. The maximum absolute atomic E-state index is 12.0. The molecular formula is C18H17NO3. The standard InChI is InChI=1S/C18H17NO3/c1-13-4-3-5-17(12-13)21-14(2)18(20)22-16-8-6-15(7-9-16)10-11-19/h3-9,12,14H,10H2,1-2H3/t14-/m1/s1. The van der Waals surface area contributed by atoms with Gasteiger partial charge in [-0.2, -0.15) is 5.26 Å². The second kappa shape index (κ2) is 7.28. The van der Waals surface area contributed by atoms with Crippen molar-refractivity contribution in [1.82, 2.24) is 0 Å². The highest BCUT2D eigenvalue weighted by molar-refractivity contribution is 5.77. The van der Waals surface area contributed by atoms with Gasteiger partial charge in [0.25, 0.3) is 0 Å². The van der Waals surface area contributed by atoms with Gasteiger partial charge in [-0.15, -0.1) is 0 Å². The number of carbonyl (C=O) groups excluding carboxylic acids is 1. The van der Waals surface area contributed by atoms with Crippen LogP contribution in [0.4, 0.5) is 0 Å². The van der Waals surface area contributed by atoms with Crippen molar-refractivity contribution >= 4 is 5.97 Å². The van der Waals surface area contributed by atoms with E-state index in [1.165, 1.54) is 0 Å². The third kappa shape index (κ3) is 4.35. The first kappa shape index (κ1) is 15.6. The molecule has 4 nitrogen and oxygen atoms in total. The number of hydrogen-bond acceptors (Lipinski definition) is 4. The van der Waals surface area contributed by atoms with Crippen molar-refractivity contribution in [3.05, 3.63) is 59.7 Å². The van der Waals surface area contributed by atoms with E-state index in [0.29, 0.717) is 17.9 Å². The van der Waals surface area contributed by atoms with Crippen LogP contribution in [0, 0.1) is 18.3 Å². The average molecular weight is 295 g/mol. The number of aryl methyl sites for hydroxylation is 1. The quantitative estimate of drug-likeness (QED) is 0.626. The van der Waals surface area contributed by atoms with E-state index in [2.05, 4.69) is 6.07 Å². The highest BCUT2D eigenvalue weighted by atomic mass is 16.6. The summed E-state index contributed by atoms with van der Waals surface area (Å²) < 4.78 is 10.8. The van der Waals surface area contributed by atoms with E-state index >= 15 is 0 Å². The summed E-state index contributed by atoms with van der Waals surface area (Å²) >= 11 is 0. The Bertz CT molecular complexity index is 686. The maximum Gasteiger partial charge on any atom is 0.352 e. The molecule has 2 aromatic rings. The number of carbonyl (C=O) groups is 1. The van der Waals surface area contributed by atoms with Gasteiger partial charge >= 0.3 is 5.97 Å². The first-order valence-electron chi connectivity index (χ1n) is 6.99. The Kier molecular flexibility index (Phi) is 5.16. The zero-order chi connectivity index (χ0) is 15.9. The zero-order valence-electron chi connectivity index (χ0n) is 12.6. The molecule has 1 atom stereocenters. The van der Waals surface area contributed by atoms with Crippen molar-refractivity contribution in [2.24, 2.45) is 0 Å². The Labute approximate surface area is 129 Å². The number of nitrogens with zero attached hydrogens (tertiary/aromatic N) is 1. The molecule has 0 N–H and O–H groups in total. The van der Waals surface area contributed by atoms with Crippen LogP contribution in [0.15, 0.2) is 48.5 Å². The molecule has 0 radical (unpaired) electrons. The van der Waals surface area contributed by atoms with Gasteiger partial charge in [0.2, 0.25) is 0 Å². The van der Waals surface area contributed by atoms with E-state index in [-0.39, 0.29) is 0 Å². The molecule has 0 aliphatic rings. The molecule has 112 valence electrons. The van der Waals surface area contributed by atoms with Crippen LogP contribution in [-0.2, 0) is 11.2 Å². The van der Waals surface area contributed by atoms with Crippen LogP contribution in [-0.4, -0.2) is 12.1 Å². The fraction of sp³-hybridized carbons (Fsp3) is 0.222. The van der Waals surface area contributed by atoms with Gasteiger partial charge in [-0.1, -0.05) is 24.3 Å². The van der Waals surface area contributed by atoms with Crippen LogP contribution >= 0.6 is 0 Å². The smallest absolute Gasteiger partial charge is 0.352 e. The van der Waals surface area contributed by atoms with E-state index in [1.807, 2.05) is 25.1 Å². The van der Waals surface area contributed by atoms with Crippen LogP contribution in [0.25, 0.3) is 0 Å². The third-order valence-corrected chi connectivity index (χ3v) is 3.06. The molecule has 22 heavy (non-hydrogen) atoms. The van der Waals surface area contributed by atoms with Gasteiger partial charge < -0.3 is 9.47 Å². The van der Waals surface area contributed by atoms with Crippen LogP contribution in [0.1, 0.15) is 18.1 Å². The highest BCUT2D eigenvalue weighted by Gasteiger charge is 2.17. The Morgan fingerprint density at radius 1 is 1.18 bits per heavy atom.